The topological polar surface area (TPSA) is 42.2 Å². The van der Waals surface area contributed by atoms with Crippen molar-refractivity contribution in [3.05, 3.63) is 35.1 Å². The number of hydrogen-bond donors (Lipinski definition) is 1. The summed E-state index contributed by atoms with van der Waals surface area (Å²) in [5.74, 6) is -0.657. The molecule has 0 atom stereocenters. The van der Waals surface area contributed by atoms with Gasteiger partial charge in [0.1, 0.15) is 12.1 Å². The van der Waals surface area contributed by atoms with Crippen LogP contribution < -0.4 is 5.32 Å². The highest BCUT2D eigenvalue weighted by Gasteiger charge is 2.27. The Hall–Kier alpha value is -1.98. The Balaban J connectivity index is 1.77. The van der Waals surface area contributed by atoms with Gasteiger partial charge in [-0.05, 0) is 42.5 Å². The molecule has 21 heavy (non-hydrogen) atoms. The van der Waals surface area contributed by atoms with Crippen LogP contribution in [0.3, 0.4) is 0 Å². The molecule has 3 rings (SSSR count). The Kier molecular flexibility index (Phi) is 3.39. The number of furan rings is 1. The molecule has 1 N–H and O–H groups in total. The summed E-state index contributed by atoms with van der Waals surface area (Å²) in [5.41, 5.74) is 3.81. The Morgan fingerprint density at radius 3 is 2.67 bits per heavy atom. The number of fused-ring (bicyclic) bond motifs is 2. The van der Waals surface area contributed by atoms with Gasteiger partial charge in [0.05, 0.1) is 12.7 Å². The first-order valence-corrected chi connectivity index (χ1v) is 6.78. The highest BCUT2D eigenvalue weighted by Crippen LogP contribution is 2.30. The van der Waals surface area contributed by atoms with Crippen LogP contribution in [-0.2, 0) is 24.1 Å². The van der Waals surface area contributed by atoms with E-state index in [0.717, 1.165) is 24.6 Å². The predicted molar refractivity (Wildman–Crippen MR) is 71.0 cm³/mol. The van der Waals surface area contributed by atoms with E-state index in [1.165, 1.54) is 17.4 Å². The lowest BCUT2D eigenvalue weighted by Gasteiger charge is -2.07. The van der Waals surface area contributed by atoms with E-state index in [4.69, 9.17) is 4.42 Å². The minimum Gasteiger partial charge on any atom is -0.464 e. The molecule has 0 saturated carbocycles. The fraction of sp³-hybridized carbons (Fsp3) is 0.400. The van der Waals surface area contributed by atoms with E-state index in [2.05, 4.69) is 0 Å². The average molecular weight is 297 g/mol. The molecule has 1 aromatic heterocycles. The molecular weight excluding hydrogens is 283 g/mol. The fourth-order valence-electron chi connectivity index (χ4n) is 2.72. The second kappa shape index (κ2) is 5.09. The number of rotatable bonds is 3. The van der Waals surface area contributed by atoms with Crippen LogP contribution in [0, 0.1) is 0 Å². The maximum atomic E-state index is 12.1. The highest BCUT2D eigenvalue weighted by atomic mass is 19.4. The van der Waals surface area contributed by atoms with Crippen LogP contribution in [0.5, 0.6) is 0 Å². The van der Waals surface area contributed by atoms with Gasteiger partial charge in [0.25, 0.3) is 0 Å². The van der Waals surface area contributed by atoms with Crippen molar-refractivity contribution in [3.63, 3.8) is 0 Å². The lowest BCUT2D eigenvalue weighted by molar-refractivity contribution is -0.138. The molecule has 0 spiro atoms. The van der Waals surface area contributed by atoms with Gasteiger partial charge in [-0.3, -0.25) is 4.79 Å². The quantitative estimate of drug-likeness (QED) is 0.945. The molecule has 1 aliphatic carbocycles. The van der Waals surface area contributed by atoms with Gasteiger partial charge in [-0.25, -0.2) is 0 Å². The first-order valence-electron chi connectivity index (χ1n) is 6.78. The smallest absolute Gasteiger partial charge is 0.405 e. The van der Waals surface area contributed by atoms with Crippen molar-refractivity contribution in [1.29, 1.82) is 0 Å². The van der Waals surface area contributed by atoms with Crippen molar-refractivity contribution in [3.8, 4) is 0 Å². The van der Waals surface area contributed by atoms with Gasteiger partial charge in [-0.15, -0.1) is 0 Å². The standard InChI is InChI=1S/C15H14F3NO2/c16-15(17,18)8-19-14(20)6-11-7-21-13-5-10-3-1-2-9(10)4-12(11)13/h4-5,7H,1-3,6,8H2,(H,19,20). The molecule has 0 aliphatic heterocycles. The molecule has 1 heterocycles. The van der Waals surface area contributed by atoms with Gasteiger partial charge in [0.15, 0.2) is 0 Å². The summed E-state index contributed by atoms with van der Waals surface area (Å²) in [7, 11) is 0. The van der Waals surface area contributed by atoms with Crippen LogP contribution in [-0.4, -0.2) is 18.6 Å². The third kappa shape index (κ3) is 3.04. The number of hydrogen-bond acceptors (Lipinski definition) is 2. The Morgan fingerprint density at radius 1 is 1.24 bits per heavy atom. The normalized spacial score (nSPS) is 14.4. The summed E-state index contributed by atoms with van der Waals surface area (Å²) < 4.78 is 41.6. The van der Waals surface area contributed by atoms with E-state index in [1.54, 1.807) is 0 Å². The summed E-state index contributed by atoms with van der Waals surface area (Å²) in [6.45, 7) is -1.31. The second-order valence-electron chi connectivity index (χ2n) is 5.30. The number of carbonyl (C=O) groups is 1. The number of amides is 1. The Bertz CT molecular complexity index is 688. The van der Waals surface area contributed by atoms with Crippen LogP contribution >= 0.6 is 0 Å². The summed E-state index contributed by atoms with van der Waals surface area (Å²) in [6, 6.07) is 3.96. The molecular formula is C15H14F3NO2. The fourth-order valence-corrected chi connectivity index (χ4v) is 2.72. The first-order chi connectivity index (χ1) is 9.92. The van der Waals surface area contributed by atoms with Gasteiger partial charge < -0.3 is 9.73 Å². The van der Waals surface area contributed by atoms with Gasteiger partial charge in [-0.2, -0.15) is 13.2 Å². The van der Waals surface area contributed by atoms with E-state index < -0.39 is 18.6 Å². The Labute approximate surface area is 119 Å². The van der Waals surface area contributed by atoms with Crippen LogP contribution in [0.15, 0.2) is 22.8 Å². The van der Waals surface area contributed by atoms with Crippen molar-refractivity contribution in [1.82, 2.24) is 5.32 Å². The van der Waals surface area contributed by atoms with Gasteiger partial charge in [-0.1, -0.05) is 0 Å². The zero-order valence-electron chi connectivity index (χ0n) is 11.2. The molecule has 1 amide bonds. The first kappa shape index (κ1) is 14.0. The zero-order valence-corrected chi connectivity index (χ0v) is 11.2. The number of nitrogens with one attached hydrogen (secondary N) is 1. The third-order valence-corrected chi connectivity index (χ3v) is 3.71. The molecule has 1 aromatic carbocycles. The van der Waals surface area contributed by atoms with Crippen molar-refractivity contribution in [2.75, 3.05) is 6.54 Å². The van der Waals surface area contributed by atoms with E-state index in [0.29, 0.717) is 11.1 Å². The molecule has 1 aliphatic rings. The average Bonchev–Trinajstić information content (AvgIpc) is 3.00. The summed E-state index contributed by atoms with van der Waals surface area (Å²) >= 11 is 0. The van der Waals surface area contributed by atoms with E-state index in [-0.39, 0.29) is 6.42 Å². The molecule has 0 saturated heterocycles. The van der Waals surface area contributed by atoms with Gasteiger partial charge >= 0.3 is 6.18 Å². The van der Waals surface area contributed by atoms with Gasteiger partial charge in [0, 0.05) is 10.9 Å². The lowest BCUT2D eigenvalue weighted by Crippen LogP contribution is -2.34. The summed E-state index contributed by atoms with van der Waals surface area (Å²) in [4.78, 5) is 11.6. The predicted octanol–water partition coefficient (Wildman–Crippen LogP) is 3.14. The molecule has 0 bridgehead atoms. The second-order valence-corrected chi connectivity index (χ2v) is 5.30. The number of benzene rings is 1. The summed E-state index contributed by atoms with van der Waals surface area (Å²) in [6.07, 6.45) is 0.0662. The van der Waals surface area contributed by atoms with Gasteiger partial charge in [0.2, 0.25) is 5.91 Å². The van der Waals surface area contributed by atoms with Crippen LogP contribution in [0.4, 0.5) is 13.2 Å². The molecule has 0 fully saturated rings. The monoisotopic (exact) mass is 297 g/mol. The molecule has 3 nitrogen and oxygen atoms in total. The number of alkyl halides is 3. The zero-order chi connectivity index (χ0) is 15.0. The number of halogens is 3. The van der Waals surface area contributed by atoms with Crippen molar-refractivity contribution >= 4 is 16.9 Å². The summed E-state index contributed by atoms with van der Waals surface area (Å²) in [5, 5.41) is 2.69. The lowest BCUT2D eigenvalue weighted by atomic mass is 10.0. The van der Waals surface area contributed by atoms with Crippen molar-refractivity contribution in [2.24, 2.45) is 0 Å². The minimum absolute atomic E-state index is 0.109. The largest absolute Gasteiger partial charge is 0.464 e. The van der Waals surface area contributed by atoms with Crippen molar-refractivity contribution < 1.29 is 22.4 Å². The Morgan fingerprint density at radius 2 is 1.95 bits per heavy atom. The molecule has 0 radical (unpaired) electrons. The maximum absolute atomic E-state index is 12.1. The van der Waals surface area contributed by atoms with Crippen LogP contribution in [0.2, 0.25) is 0 Å². The minimum atomic E-state index is -4.39. The molecule has 0 unspecified atom stereocenters. The maximum Gasteiger partial charge on any atom is 0.405 e. The SMILES string of the molecule is O=C(Cc1coc2cc3c(cc12)CCC3)NCC(F)(F)F. The van der Waals surface area contributed by atoms with Crippen molar-refractivity contribution in [2.45, 2.75) is 31.9 Å². The molecule has 2 aromatic rings. The number of aryl methyl sites for hydroxylation is 2. The molecule has 6 heteroatoms. The number of carbonyl (C=O) groups excluding carboxylic acids is 1. The third-order valence-electron chi connectivity index (χ3n) is 3.71. The van der Waals surface area contributed by atoms with E-state index in [9.17, 15) is 18.0 Å². The van der Waals surface area contributed by atoms with E-state index in [1.807, 2.05) is 17.4 Å². The highest BCUT2D eigenvalue weighted by molar-refractivity contribution is 5.88. The van der Waals surface area contributed by atoms with Crippen LogP contribution in [0.25, 0.3) is 11.0 Å². The van der Waals surface area contributed by atoms with Crippen LogP contribution in [0.1, 0.15) is 23.1 Å². The van der Waals surface area contributed by atoms with E-state index >= 15 is 0 Å². The molecule has 112 valence electrons.